The van der Waals surface area contributed by atoms with E-state index >= 15 is 0 Å². The quantitative estimate of drug-likeness (QED) is 0.409. The number of primary amides is 2. The highest BCUT2D eigenvalue weighted by Gasteiger charge is 1.95. The van der Waals surface area contributed by atoms with Crippen LogP contribution < -0.4 is 17.6 Å². The van der Waals surface area contributed by atoms with Gasteiger partial charge in [-0.3, -0.25) is 9.59 Å². The second-order valence-electron chi connectivity index (χ2n) is 1.68. The second-order valence-corrected chi connectivity index (χ2v) is 1.68. The molecule has 0 fully saturated rings. The molecular weight excluding hydrogens is 166 g/mol. The monoisotopic (exact) mass is 179 g/mol. The van der Waals surface area contributed by atoms with Gasteiger partial charge in [0.1, 0.15) is 5.78 Å². The van der Waals surface area contributed by atoms with Crippen LogP contribution in [0.1, 0.15) is 13.3 Å². The Kier molecular flexibility index (Phi) is 13.1. The first-order chi connectivity index (χ1) is 4.86. The van der Waals surface area contributed by atoms with Crippen LogP contribution in [0.4, 0.5) is 4.79 Å². The third kappa shape index (κ3) is 80.9. The predicted molar refractivity (Wildman–Crippen MR) is 41.7 cm³/mol. The lowest BCUT2D eigenvalue weighted by Gasteiger charge is -1.82. The van der Waals surface area contributed by atoms with Crippen LogP contribution >= 0.6 is 0 Å². The smallest absolute Gasteiger partial charge is 0.402 e. The number of hydrogen-bond donors (Lipinski definition) is 4. The molecular formula is C5H13N3O4. The summed E-state index contributed by atoms with van der Waals surface area (Å²) in [6.07, 6.45) is -1.47. The molecule has 0 bridgehead atoms. The zero-order valence-corrected chi connectivity index (χ0v) is 6.74. The molecule has 0 aromatic rings. The fourth-order valence-electron chi connectivity index (χ4n) is 0.245. The maximum atomic E-state index is 9.95. The molecule has 0 aromatic carbocycles. The summed E-state index contributed by atoms with van der Waals surface area (Å²) in [5.74, 6) is -0.750. The van der Waals surface area contributed by atoms with E-state index in [-0.39, 0.29) is 18.4 Å². The number of carbonyl (C=O) groups is 3. The van der Waals surface area contributed by atoms with Crippen LogP contribution in [0.15, 0.2) is 0 Å². The number of rotatable bonds is 2. The number of carboxylic acid groups (broad SMARTS) is 1. The molecule has 7 nitrogen and oxygen atoms in total. The standard InChI is InChI=1S/C4H7NO2.CH3NO2.H3N/c1-3(6)2-4(5)7;2-1(3)4;/h2H2,1H3,(H2,5,7);2H2,(H,3,4);1H3. The topological polar surface area (TPSA) is 158 Å². The zero-order valence-electron chi connectivity index (χ0n) is 6.74. The number of nitrogens with two attached hydrogens (primary N) is 2. The predicted octanol–water partition coefficient (Wildman–Crippen LogP) is -0.764. The van der Waals surface area contributed by atoms with Gasteiger partial charge in [0.15, 0.2) is 0 Å². The first kappa shape index (κ1) is 16.8. The molecule has 2 amide bonds. The van der Waals surface area contributed by atoms with Crippen LogP contribution in [0, 0.1) is 0 Å². The van der Waals surface area contributed by atoms with Crippen molar-refractivity contribution in [3.05, 3.63) is 0 Å². The van der Waals surface area contributed by atoms with Gasteiger partial charge in [-0.05, 0) is 6.92 Å². The van der Waals surface area contributed by atoms with E-state index in [1.54, 1.807) is 0 Å². The molecule has 0 radical (unpaired) electrons. The van der Waals surface area contributed by atoms with Gasteiger partial charge < -0.3 is 22.7 Å². The van der Waals surface area contributed by atoms with Gasteiger partial charge in [0.05, 0.1) is 6.42 Å². The average Bonchev–Trinajstić information content (AvgIpc) is 1.56. The second kappa shape index (κ2) is 9.37. The molecule has 12 heavy (non-hydrogen) atoms. The molecule has 72 valence electrons. The van der Waals surface area contributed by atoms with Crippen molar-refractivity contribution in [3.8, 4) is 0 Å². The van der Waals surface area contributed by atoms with E-state index < -0.39 is 12.0 Å². The molecule has 0 rings (SSSR count). The maximum absolute atomic E-state index is 9.95. The lowest BCUT2D eigenvalue weighted by Crippen LogP contribution is -2.13. The average molecular weight is 179 g/mol. The van der Waals surface area contributed by atoms with Crippen LogP contribution in [0.2, 0.25) is 0 Å². The summed E-state index contributed by atoms with van der Waals surface area (Å²) in [5.41, 5.74) is 8.66. The lowest BCUT2D eigenvalue weighted by atomic mass is 10.3. The maximum Gasteiger partial charge on any atom is 0.402 e. The molecule has 7 heteroatoms. The third-order valence-electron chi connectivity index (χ3n) is 0.423. The molecule has 0 atom stereocenters. The van der Waals surface area contributed by atoms with Gasteiger partial charge in [0.2, 0.25) is 5.91 Å². The zero-order chi connectivity index (χ0) is 9.44. The summed E-state index contributed by atoms with van der Waals surface area (Å²) in [6, 6.07) is 0. The number of carbonyl (C=O) groups excluding carboxylic acids is 2. The summed E-state index contributed by atoms with van der Waals surface area (Å²) in [6.45, 7) is 1.32. The first-order valence-corrected chi connectivity index (χ1v) is 2.62. The number of ketones is 1. The SMILES string of the molecule is CC(=O)CC(N)=O.N.NC(=O)O. The fraction of sp³-hybridized carbons (Fsp3) is 0.400. The van der Waals surface area contributed by atoms with E-state index in [2.05, 4.69) is 11.5 Å². The summed E-state index contributed by atoms with van der Waals surface area (Å²) >= 11 is 0. The molecule has 0 aliphatic heterocycles. The van der Waals surface area contributed by atoms with Crippen molar-refractivity contribution >= 4 is 17.8 Å². The van der Waals surface area contributed by atoms with Crippen molar-refractivity contribution in [2.75, 3.05) is 0 Å². The van der Waals surface area contributed by atoms with Crippen LogP contribution in [0.5, 0.6) is 0 Å². The Labute approximate surface area is 69.3 Å². The first-order valence-electron chi connectivity index (χ1n) is 2.62. The van der Waals surface area contributed by atoms with Gasteiger partial charge in [0.25, 0.3) is 0 Å². The third-order valence-corrected chi connectivity index (χ3v) is 0.423. The highest BCUT2D eigenvalue weighted by Crippen LogP contribution is 1.75. The number of Topliss-reactive ketones (excluding diaryl/α,β-unsaturated/α-hetero) is 1. The Balaban J connectivity index is -0.000000142. The Hall–Kier alpha value is -1.63. The van der Waals surface area contributed by atoms with Crippen LogP contribution in [0.3, 0.4) is 0 Å². The molecule has 0 unspecified atom stereocenters. The van der Waals surface area contributed by atoms with E-state index in [9.17, 15) is 9.59 Å². The highest BCUT2D eigenvalue weighted by atomic mass is 16.4. The molecule has 0 saturated heterocycles. The number of hydrogen-bond acceptors (Lipinski definition) is 4. The van der Waals surface area contributed by atoms with Gasteiger partial charge in [-0.15, -0.1) is 0 Å². The fourth-order valence-corrected chi connectivity index (χ4v) is 0.245. The van der Waals surface area contributed by atoms with Gasteiger partial charge in [-0.25, -0.2) is 4.79 Å². The van der Waals surface area contributed by atoms with Gasteiger partial charge >= 0.3 is 6.09 Å². The molecule has 0 aliphatic carbocycles. The Morgan fingerprint density at radius 1 is 1.25 bits per heavy atom. The van der Waals surface area contributed by atoms with E-state index in [0.717, 1.165) is 0 Å². The van der Waals surface area contributed by atoms with E-state index in [1.807, 2.05) is 0 Å². The van der Waals surface area contributed by atoms with E-state index in [0.29, 0.717) is 0 Å². The van der Waals surface area contributed by atoms with Crippen LogP contribution in [0.25, 0.3) is 0 Å². The molecule has 0 aliphatic rings. The van der Waals surface area contributed by atoms with E-state index in [1.165, 1.54) is 6.92 Å². The Morgan fingerprint density at radius 2 is 1.50 bits per heavy atom. The summed E-state index contributed by atoms with van der Waals surface area (Å²) < 4.78 is 0. The van der Waals surface area contributed by atoms with Crippen molar-refractivity contribution in [3.63, 3.8) is 0 Å². The normalized spacial score (nSPS) is 6.75. The van der Waals surface area contributed by atoms with Gasteiger partial charge in [-0.2, -0.15) is 0 Å². The van der Waals surface area contributed by atoms with Crippen molar-refractivity contribution < 1.29 is 19.5 Å². The van der Waals surface area contributed by atoms with Crippen molar-refractivity contribution in [2.45, 2.75) is 13.3 Å². The van der Waals surface area contributed by atoms with Crippen molar-refractivity contribution in [1.29, 1.82) is 0 Å². The Morgan fingerprint density at radius 3 is 1.50 bits per heavy atom. The summed E-state index contributed by atoms with van der Waals surface area (Å²) in [7, 11) is 0. The minimum Gasteiger partial charge on any atom is -0.465 e. The van der Waals surface area contributed by atoms with E-state index in [4.69, 9.17) is 9.90 Å². The number of amides is 2. The molecule has 8 N–H and O–H groups in total. The molecule has 0 spiro atoms. The van der Waals surface area contributed by atoms with Gasteiger partial charge in [-0.1, -0.05) is 0 Å². The van der Waals surface area contributed by atoms with Crippen molar-refractivity contribution in [1.82, 2.24) is 6.15 Å². The minimum absolute atomic E-state index is 0. The lowest BCUT2D eigenvalue weighted by molar-refractivity contribution is -0.125. The largest absolute Gasteiger partial charge is 0.465 e. The Bertz CT molecular complexity index is 152. The van der Waals surface area contributed by atoms with Crippen LogP contribution in [-0.4, -0.2) is 22.9 Å². The summed E-state index contributed by atoms with van der Waals surface area (Å²) in [4.78, 5) is 28.5. The van der Waals surface area contributed by atoms with Crippen LogP contribution in [-0.2, 0) is 9.59 Å². The highest BCUT2D eigenvalue weighted by molar-refractivity contribution is 5.95. The molecule has 0 saturated carbocycles. The minimum atomic E-state index is -1.33. The summed E-state index contributed by atoms with van der Waals surface area (Å²) in [5, 5.41) is 7.19. The van der Waals surface area contributed by atoms with Gasteiger partial charge in [0, 0.05) is 0 Å². The molecule has 0 aromatic heterocycles. The molecule has 0 heterocycles. The van der Waals surface area contributed by atoms with Crippen molar-refractivity contribution in [2.24, 2.45) is 11.5 Å².